The lowest BCUT2D eigenvalue weighted by Crippen LogP contribution is -2.30. The first kappa shape index (κ1) is 11.0. The number of fused-ring (bicyclic) bond motifs is 1. The number of hydrogen-bond donors (Lipinski definition) is 1. The van der Waals surface area contributed by atoms with Crippen molar-refractivity contribution in [2.75, 3.05) is 24.6 Å². The van der Waals surface area contributed by atoms with Crippen LogP contribution in [0.25, 0.3) is 0 Å². The molecule has 15 heavy (non-hydrogen) atoms. The smallest absolute Gasteiger partial charge is 0.00580 e. The number of benzene rings is 1. The molecule has 1 aromatic rings. The molecule has 82 valence electrons. The predicted molar refractivity (Wildman–Crippen MR) is 68.8 cm³/mol. The molecule has 0 heterocycles. The van der Waals surface area contributed by atoms with Crippen LogP contribution >= 0.6 is 11.8 Å². The molecule has 0 spiro atoms. The fraction of sp³-hybridized carbons (Fsp3) is 0.538. The summed E-state index contributed by atoms with van der Waals surface area (Å²) in [5.74, 6) is 3.24. The summed E-state index contributed by atoms with van der Waals surface area (Å²) in [6.45, 7) is 4.52. The topological polar surface area (TPSA) is 12.0 Å². The zero-order valence-corrected chi connectivity index (χ0v) is 10.1. The van der Waals surface area contributed by atoms with Crippen molar-refractivity contribution in [1.29, 1.82) is 0 Å². The Kier molecular flexibility index (Phi) is 4.09. The Balaban J connectivity index is 1.67. The SMILES string of the molecule is CCSCCNCC1Cc2ccccc21. The highest BCUT2D eigenvalue weighted by molar-refractivity contribution is 7.99. The molecule has 1 unspecified atom stereocenters. The van der Waals surface area contributed by atoms with Gasteiger partial charge in [0.1, 0.15) is 0 Å². The molecule has 1 aliphatic rings. The van der Waals surface area contributed by atoms with Crippen molar-refractivity contribution >= 4 is 11.8 Å². The summed E-state index contributed by atoms with van der Waals surface area (Å²) in [6.07, 6.45) is 1.27. The van der Waals surface area contributed by atoms with Crippen LogP contribution in [0.15, 0.2) is 24.3 Å². The monoisotopic (exact) mass is 221 g/mol. The van der Waals surface area contributed by atoms with Gasteiger partial charge in [-0.15, -0.1) is 0 Å². The number of rotatable bonds is 6. The van der Waals surface area contributed by atoms with Crippen molar-refractivity contribution in [3.05, 3.63) is 35.4 Å². The lowest BCUT2D eigenvalue weighted by Gasteiger charge is -2.30. The summed E-state index contributed by atoms with van der Waals surface area (Å²) >= 11 is 2.01. The molecule has 0 aliphatic heterocycles. The van der Waals surface area contributed by atoms with Crippen molar-refractivity contribution in [1.82, 2.24) is 5.32 Å². The van der Waals surface area contributed by atoms with Gasteiger partial charge in [0, 0.05) is 24.8 Å². The summed E-state index contributed by atoms with van der Waals surface area (Å²) < 4.78 is 0. The van der Waals surface area contributed by atoms with Gasteiger partial charge >= 0.3 is 0 Å². The summed E-state index contributed by atoms with van der Waals surface area (Å²) in [5, 5.41) is 3.54. The molecule has 0 fully saturated rings. The van der Waals surface area contributed by atoms with E-state index in [9.17, 15) is 0 Å². The van der Waals surface area contributed by atoms with E-state index in [4.69, 9.17) is 0 Å². The first-order valence-corrected chi connectivity index (χ1v) is 6.93. The molecule has 0 saturated heterocycles. The van der Waals surface area contributed by atoms with E-state index >= 15 is 0 Å². The van der Waals surface area contributed by atoms with Crippen LogP contribution < -0.4 is 5.32 Å². The lowest BCUT2D eigenvalue weighted by molar-refractivity contribution is 0.548. The molecule has 2 heteroatoms. The fourth-order valence-corrected chi connectivity index (χ4v) is 2.69. The van der Waals surface area contributed by atoms with E-state index < -0.39 is 0 Å². The molecule has 0 radical (unpaired) electrons. The summed E-state index contributed by atoms with van der Waals surface area (Å²) in [5.41, 5.74) is 3.11. The van der Waals surface area contributed by atoms with Gasteiger partial charge in [0.15, 0.2) is 0 Å². The normalized spacial score (nSPS) is 18.3. The molecule has 0 aromatic heterocycles. The second kappa shape index (κ2) is 5.57. The highest BCUT2D eigenvalue weighted by atomic mass is 32.2. The van der Waals surface area contributed by atoms with Crippen LogP contribution in [-0.2, 0) is 6.42 Å². The quantitative estimate of drug-likeness (QED) is 0.741. The largest absolute Gasteiger partial charge is 0.315 e. The van der Waals surface area contributed by atoms with E-state index in [2.05, 4.69) is 36.5 Å². The predicted octanol–water partition coefficient (Wildman–Crippen LogP) is 2.67. The highest BCUT2D eigenvalue weighted by Crippen LogP contribution is 2.33. The Labute approximate surface area is 96.7 Å². The third-order valence-electron chi connectivity index (χ3n) is 2.98. The van der Waals surface area contributed by atoms with Crippen LogP contribution in [0.2, 0.25) is 0 Å². The van der Waals surface area contributed by atoms with Gasteiger partial charge in [-0.1, -0.05) is 31.2 Å². The maximum absolute atomic E-state index is 3.54. The molecule has 0 saturated carbocycles. The van der Waals surface area contributed by atoms with Gasteiger partial charge in [-0.25, -0.2) is 0 Å². The number of nitrogens with one attached hydrogen (secondary N) is 1. The Morgan fingerprint density at radius 3 is 3.07 bits per heavy atom. The van der Waals surface area contributed by atoms with E-state index in [1.165, 1.54) is 17.9 Å². The highest BCUT2D eigenvalue weighted by Gasteiger charge is 2.24. The maximum atomic E-state index is 3.54. The van der Waals surface area contributed by atoms with E-state index in [-0.39, 0.29) is 0 Å². The van der Waals surface area contributed by atoms with E-state index in [0.29, 0.717) is 0 Å². The lowest BCUT2D eigenvalue weighted by atomic mass is 9.78. The van der Waals surface area contributed by atoms with Gasteiger partial charge in [0.05, 0.1) is 0 Å². The molecule has 2 rings (SSSR count). The number of thioether (sulfide) groups is 1. The minimum atomic E-state index is 0.771. The van der Waals surface area contributed by atoms with Gasteiger partial charge in [-0.05, 0) is 23.3 Å². The Morgan fingerprint density at radius 1 is 1.40 bits per heavy atom. The number of hydrogen-bond acceptors (Lipinski definition) is 2. The average molecular weight is 221 g/mol. The first-order valence-electron chi connectivity index (χ1n) is 5.78. The van der Waals surface area contributed by atoms with E-state index in [1.807, 2.05) is 11.8 Å². The molecule has 1 N–H and O–H groups in total. The van der Waals surface area contributed by atoms with Crippen molar-refractivity contribution in [3.8, 4) is 0 Å². The molecule has 1 aliphatic carbocycles. The van der Waals surface area contributed by atoms with Crippen molar-refractivity contribution in [2.24, 2.45) is 0 Å². The second-order valence-electron chi connectivity index (χ2n) is 4.00. The van der Waals surface area contributed by atoms with Crippen molar-refractivity contribution in [3.63, 3.8) is 0 Å². The van der Waals surface area contributed by atoms with Gasteiger partial charge in [0.25, 0.3) is 0 Å². The third-order valence-corrected chi connectivity index (χ3v) is 3.88. The van der Waals surface area contributed by atoms with Gasteiger partial charge in [-0.3, -0.25) is 0 Å². The fourth-order valence-electron chi connectivity index (χ4n) is 2.11. The van der Waals surface area contributed by atoms with Crippen molar-refractivity contribution in [2.45, 2.75) is 19.3 Å². The van der Waals surface area contributed by atoms with Gasteiger partial charge in [0.2, 0.25) is 0 Å². The molecule has 0 amide bonds. The summed E-state index contributed by atoms with van der Waals surface area (Å²) in [4.78, 5) is 0. The van der Waals surface area contributed by atoms with Gasteiger partial charge in [-0.2, -0.15) is 11.8 Å². The van der Waals surface area contributed by atoms with Crippen LogP contribution in [0.4, 0.5) is 0 Å². The van der Waals surface area contributed by atoms with Gasteiger partial charge < -0.3 is 5.32 Å². The average Bonchev–Trinajstić information content (AvgIpc) is 2.24. The van der Waals surface area contributed by atoms with Crippen LogP contribution in [0.5, 0.6) is 0 Å². The van der Waals surface area contributed by atoms with Crippen LogP contribution in [0.1, 0.15) is 24.0 Å². The third kappa shape index (κ3) is 2.76. The summed E-state index contributed by atoms with van der Waals surface area (Å²) in [6, 6.07) is 8.81. The Bertz CT molecular complexity index is 311. The van der Waals surface area contributed by atoms with E-state index in [0.717, 1.165) is 19.0 Å². The molecule has 0 bridgehead atoms. The maximum Gasteiger partial charge on any atom is 0.00580 e. The minimum Gasteiger partial charge on any atom is -0.315 e. The molecular weight excluding hydrogens is 202 g/mol. The minimum absolute atomic E-state index is 0.771. The van der Waals surface area contributed by atoms with Crippen LogP contribution in [0, 0.1) is 0 Å². The molecule has 1 aromatic carbocycles. The zero-order valence-electron chi connectivity index (χ0n) is 9.33. The molecule has 1 nitrogen and oxygen atoms in total. The van der Waals surface area contributed by atoms with Crippen molar-refractivity contribution < 1.29 is 0 Å². The second-order valence-corrected chi connectivity index (χ2v) is 5.39. The van der Waals surface area contributed by atoms with Crippen LogP contribution in [-0.4, -0.2) is 24.6 Å². The first-order chi connectivity index (χ1) is 7.42. The standard InChI is InChI=1S/C13H19NS/c1-2-15-8-7-14-10-12-9-11-5-3-4-6-13(11)12/h3-6,12,14H,2,7-10H2,1H3. The van der Waals surface area contributed by atoms with E-state index in [1.54, 1.807) is 11.1 Å². The Hall–Kier alpha value is -0.470. The molecule has 1 atom stereocenters. The Morgan fingerprint density at radius 2 is 2.27 bits per heavy atom. The molecular formula is C13H19NS. The summed E-state index contributed by atoms with van der Waals surface area (Å²) in [7, 11) is 0. The zero-order chi connectivity index (χ0) is 10.5. The van der Waals surface area contributed by atoms with Crippen LogP contribution in [0.3, 0.4) is 0 Å².